The molecule has 0 aliphatic heterocycles. The molecule has 2 rings (SSSR count). The number of rotatable bonds is 5. The Morgan fingerprint density at radius 3 is 2.63 bits per heavy atom. The van der Waals surface area contributed by atoms with Crippen molar-refractivity contribution >= 4 is 29.1 Å². The van der Waals surface area contributed by atoms with Gasteiger partial charge in [0.15, 0.2) is 0 Å². The molecule has 3 nitrogen and oxygen atoms in total. The minimum absolute atomic E-state index is 0.109. The monoisotopic (exact) mass is 300 g/mol. The smallest absolute Gasteiger partial charge is 0.224 e. The van der Waals surface area contributed by atoms with Crippen LogP contribution in [0.25, 0.3) is 0 Å². The van der Waals surface area contributed by atoms with E-state index in [0.29, 0.717) is 29.1 Å². The first-order chi connectivity index (χ1) is 8.97. The Balaban J connectivity index is 2.08. The molecule has 0 heterocycles. The lowest BCUT2D eigenvalue weighted by atomic mass is 10.1. The summed E-state index contributed by atoms with van der Waals surface area (Å²) in [4.78, 5) is 14.1. The number of hydrogen-bond donors (Lipinski definition) is 1. The van der Waals surface area contributed by atoms with Gasteiger partial charge in [-0.2, -0.15) is 0 Å². The van der Waals surface area contributed by atoms with Gasteiger partial charge in [0.25, 0.3) is 0 Å². The number of halogens is 2. The molecule has 5 heteroatoms. The van der Waals surface area contributed by atoms with Crippen molar-refractivity contribution in [1.29, 1.82) is 0 Å². The Bertz CT molecular complexity index is 473. The summed E-state index contributed by atoms with van der Waals surface area (Å²) in [5.41, 5.74) is 6.70. The van der Waals surface area contributed by atoms with Crippen molar-refractivity contribution in [3.05, 3.63) is 33.8 Å². The zero-order valence-electron chi connectivity index (χ0n) is 10.9. The highest BCUT2D eigenvalue weighted by Gasteiger charge is 2.32. The van der Waals surface area contributed by atoms with E-state index in [0.717, 1.165) is 18.4 Å². The van der Waals surface area contributed by atoms with Gasteiger partial charge < -0.3 is 10.6 Å². The van der Waals surface area contributed by atoms with E-state index in [1.807, 2.05) is 24.0 Å². The molecule has 2 N–H and O–H groups in total. The predicted molar refractivity (Wildman–Crippen MR) is 78.3 cm³/mol. The van der Waals surface area contributed by atoms with Crippen molar-refractivity contribution in [2.45, 2.75) is 44.8 Å². The maximum absolute atomic E-state index is 12.2. The summed E-state index contributed by atoms with van der Waals surface area (Å²) in [6, 6.07) is 5.74. The van der Waals surface area contributed by atoms with Gasteiger partial charge >= 0.3 is 0 Å². The van der Waals surface area contributed by atoms with Gasteiger partial charge in [-0.3, -0.25) is 4.79 Å². The molecular formula is C14H18Cl2N2O. The van der Waals surface area contributed by atoms with Gasteiger partial charge in [0.2, 0.25) is 5.91 Å². The lowest BCUT2D eigenvalue weighted by Crippen LogP contribution is -2.36. The number of nitrogens with zero attached hydrogens (tertiary/aromatic N) is 1. The molecule has 0 spiro atoms. The summed E-state index contributed by atoms with van der Waals surface area (Å²) in [6.45, 7) is 2.43. The fourth-order valence-corrected chi connectivity index (χ4v) is 2.36. The van der Waals surface area contributed by atoms with Crippen LogP contribution in [0.4, 0.5) is 0 Å². The van der Waals surface area contributed by atoms with Crippen molar-refractivity contribution in [2.75, 3.05) is 0 Å². The summed E-state index contributed by atoms with van der Waals surface area (Å²) in [5.74, 6) is 0.114. The molecule has 1 aromatic carbocycles. The Labute approximate surface area is 123 Å². The molecule has 1 atom stereocenters. The number of carbonyl (C=O) groups excluding carboxylic acids is 1. The maximum atomic E-state index is 12.2. The van der Waals surface area contributed by atoms with Crippen molar-refractivity contribution < 1.29 is 4.79 Å². The number of amides is 1. The van der Waals surface area contributed by atoms with Crippen molar-refractivity contribution in [3.8, 4) is 0 Å². The van der Waals surface area contributed by atoms with Gasteiger partial charge in [-0.25, -0.2) is 0 Å². The van der Waals surface area contributed by atoms with Gasteiger partial charge in [0.05, 0.1) is 10.0 Å². The van der Waals surface area contributed by atoms with Crippen LogP contribution >= 0.6 is 23.2 Å². The highest BCUT2D eigenvalue weighted by molar-refractivity contribution is 6.42. The molecule has 1 amide bonds. The highest BCUT2D eigenvalue weighted by Crippen LogP contribution is 2.30. The SMILES string of the molecule is CC(N)CC(=O)N(Cc1ccc(Cl)c(Cl)c1)C1CC1. The molecule has 0 saturated heterocycles. The fraction of sp³-hybridized carbons (Fsp3) is 0.500. The zero-order chi connectivity index (χ0) is 14.0. The van der Waals surface area contributed by atoms with E-state index in [-0.39, 0.29) is 11.9 Å². The maximum Gasteiger partial charge on any atom is 0.224 e. The summed E-state index contributed by atoms with van der Waals surface area (Å²) in [5, 5.41) is 1.06. The Kier molecular flexibility index (Phi) is 4.71. The number of hydrogen-bond acceptors (Lipinski definition) is 2. The first-order valence-electron chi connectivity index (χ1n) is 6.46. The van der Waals surface area contributed by atoms with Crippen LogP contribution in [0.3, 0.4) is 0 Å². The Morgan fingerprint density at radius 1 is 1.42 bits per heavy atom. The van der Waals surface area contributed by atoms with Crippen LogP contribution in [0.5, 0.6) is 0 Å². The molecule has 104 valence electrons. The molecule has 19 heavy (non-hydrogen) atoms. The molecule has 1 aromatic rings. The van der Waals surface area contributed by atoms with Crippen LogP contribution in [0.2, 0.25) is 10.0 Å². The average molecular weight is 301 g/mol. The zero-order valence-corrected chi connectivity index (χ0v) is 12.4. The van der Waals surface area contributed by atoms with Crippen LogP contribution < -0.4 is 5.73 Å². The van der Waals surface area contributed by atoms with Crippen molar-refractivity contribution in [3.63, 3.8) is 0 Å². The molecule has 1 aliphatic carbocycles. The van der Waals surface area contributed by atoms with E-state index in [9.17, 15) is 4.79 Å². The Hall–Kier alpha value is -0.770. The third-order valence-electron chi connectivity index (χ3n) is 3.14. The second-order valence-corrected chi connectivity index (χ2v) is 6.00. The minimum atomic E-state index is -0.109. The molecule has 1 fully saturated rings. The first-order valence-corrected chi connectivity index (χ1v) is 7.22. The van der Waals surface area contributed by atoms with Gasteiger partial charge in [0, 0.05) is 25.0 Å². The van der Waals surface area contributed by atoms with Gasteiger partial charge in [-0.1, -0.05) is 29.3 Å². The summed E-state index contributed by atoms with van der Waals surface area (Å²) in [6.07, 6.45) is 2.54. The second-order valence-electron chi connectivity index (χ2n) is 5.18. The van der Waals surface area contributed by atoms with E-state index in [1.165, 1.54) is 0 Å². The highest BCUT2D eigenvalue weighted by atomic mass is 35.5. The lowest BCUT2D eigenvalue weighted by molar-refractivity contribution is -0.132. The quantitative estimate of drug-likeness (QED) is 0.907. The van der Waals surface area contributed by atoms with Gasteiger partial charge in [0.1, 0.15) is 0 Å². The summed E-state index contributed by atoms with van der Waals surface area (Å²) >= 11 is 11.9. The first kappa shape index (κ1) is 14.6. The third kappa shape index (κ3) is 4.10. The standard InChI is InChI=1S/C14H18Cl2N2O/c1-9(17)6-14(19)18(11-3-4-11)8-10-2-5-12(15)13(16)7-10/h2,5,7,9,11H,3-4,6,8,17H2,1H3. The van der Waals surface area contributed by atoms with Crippen molar-refractivity contribution in [1.82, 2.24) is 4.90 Å². The molecule has 1 aliphatic rings. The third-order valence-corrected chi connectivity index (χ3v) is 3.88. The molecule has 1 unspecified atom stereocenters. The van der Waals surface area contributed by atoms with Crippen molar-refractivity contribution in [2.24, 2.45) is 5.73 Å². The van der Waals surface area contributed by atoms with Crippen LogP contribution in [-0.2, 0) is 11.3 Å². The normalized spacial score (nSPS) is 16.2. The Morgan fingerprint density at radius 2 is 2.11 bits per heavy atom. The number of nitrogens with two attached hydrogens (primary N) is 1. The van der Waals surface area contributed by atoms with Gasteiger partial charge in [-0.15, -0.1) is 0 Å². The summed E-state index contributed by atoms with van der Waals surface area (Å²) in [7, 11) is 0. The van der Waals surface area contributed by atoms with E-state index in [4.69, 9.17) is 28.9 Å². The fourth-order valence-electron chi connectivity index (χ4n) is 2.03. The molecule has 0 bridgehead atoms. The van der Waals surface area contributed by atoms with Gasteiger partial charge in [-0.05, 0) is 37.5 Å². The van der Waals surface area contributed by atoms with E-state index in [1.54, 1.807) is 6.07 Å². The predicted octanol–water partition coefficient (Wildman–Crippen LogP) is 3.22. The molecule has 1 saturated carbocycles. The van der Waals surface area contributed by atoms with E-state index >= 15 is 0 Å². The molecule has 0 aromatic heterocycles. The largest absolute Gasteiger partial charge is 0.335 e. The van der Waals surface area contributed by atoms with Crippen LogP contribution in [0.15, 0.2) is 18.2 Å². The van der Waals surface area contributed by atoms with E-state index < -0.39 is 0 Å². The minimum Gasteiger partial charge on any atom is -0.335 e. The number of benzene rings is 1. The number of carbonyl (C=O) groups is 1. The lowest BCUT2D eigenvalue weighted by Gasteiger charge is -2.23. The van der Waals surface area contributed by atoms with Crippen LogP contribution in [-0.4, -0.2) is 22.9 Å². The van der Waals surface area contributed by atoms with Crippen LogP contribution in [0.1, 0.15) is 31.7 Å². The second kappa shape index (κ2) is 6.12. The molecule has 0 radical (unpaired) electrons. The average Bonchev–Trinajstić information content (AvgIpc) is 3.13. The summed E-state index contributed by atoms with van der Waals surface area (Å²) < 4.78 is 0. The van der Waals surface area contributed by atoms with Crippen LogP contribution in [0, 0.1) is 0 Å². The topological polar surface area (TPSA) is 46.3 Å². The van der Waals surface area contributed by atoms with E-state index in [2.05, 4.69) is 0 Å². The molecular weight excluding hydrogens is 283 g/mol.